The average molecular weight is 446 g/mol. The molecule has 0 aliphatic rings. The van der Waals surface area contributed by atoms with Gasteiger partial charge in [0.25, 0.3) is 0 Å². The monoisotopic (exact) mass is 446 g/mol. The van der Waals surface area contributed by atoms with Crippen molar-refractivity contribution in [3.05, 3.63) is 0 Å². The van der Waals surface area contributed by atoms with Crippen LogP contribution in [0.2, 0.25) is 0 Å². The number of hydrogen-bond donors (Lipinski definition) is 9. The maximum Gasteiger partial charge on any atom is 0.145 e. The van der Waals surface area contributed by atoms with Gasteiger partial charge in [-0.05, 0) is 12.8 Å². The maximum absolute atomic E-state index is 11.2. The van der Waals surface area contributed by atoms with Gasteiger partial charge in [-0.2, -0.15) is 0 Å². The minimum atomic E-state index is -2.63. The zero-order chi connectivity index (χ0) is 23.0. The Balaban J connectivity index is 5.22. The van der Waals surface area contributed by atoms with E-state index in [-0.39, 0.29) is 59.1 Å². The summed E-state index contributed by atoms with van der Waals surface area (Å²) < 4.78 is 15.6. The van der Waals surface area contributed by atoms with Gasteiger partial charge in [-0.3, -0.25) is 0 Å². The number of aliphatic hydroxyl groups is 9. The minimum absolute atomic E-state index is 0.0161. The summed E-state index contributed by atoms with van der Waals surface area (Å²) in [5.74, 6) is 0. The Labute approximate surface area is 175 Å². The van der Waals surface area contributed by atoms with Crippen molar-refractivity contribution in [3.63, 3.8) is 0 Å². The Bertz CT molecular complexity index is 415. The molecular weight excluding hydrogens is 408 g/mol. The minimum Gasteiger partial charge on any atom is -0.396 e. The lowest BCUT2D eigenvalue weighted by atomic mass is 9.71. The molecule has 0 bridgehead atoms. The van der Waals surface area contributed by atoms with Gasteiger partial charge in [0.2, 0.25) is 0 Å². The third-order valence-electron chi connectivity index (χ3n) is 4.79. The summed E-state index contributed by atoms with van der Waals surface area (Å²) >= 11 is 0. The summed E-state index contributed by atoms with van der Waals surface area (Å²) in [4.78, 5) is 0. The smallest absolute Gasteiger partial charge is 0.145 e. The van der Waals surface area contributed by atoms with Gasteiger partial charge in [0, 0.05) is 13.0 Å². The molecule has 0 heterocycles. The second-order valence-corrected chi connectivity index (χ2v) is 6.92. The van der Waals surface area contributed by atoms with Crippen molar-refractivity contribution in [2.45, 2.75) is 48.8 Å². The molecule has 0 aromatic carbocycles. The lowest BCUT2D eigenvalue weighted by Gasteiger charge is -2.49. The van der Waals surface area contributed by atoms with Crippen molar-refractivity contribution in [2.24, 2.45) is 0 Å². The van der Waals surface area contributed by atoms with Crippen LogP contribution in [0.4, 0.5) is 0 Å². The van der Waals surface area contributed by atoms with E-state index in [4.69, 9.17) is 29.5 Å². The average Bonchev–Trinajstić information content (AvgIpc) is 2.75. The van der Waals surface area contributed by atoms with Crippen molar-refractivity contribution in [1.82, 2.24) is 0 Å². The molecule has 0 amide bonds. The first kappa shape index (κ1) is 29.5. The molecule has 0 saturated carbocycles. The van der Waals surface area contributed by atoms with Crippen LogP contribution in [-0.2, 0) is 14.2 Å². The quantitative estimate of drug-likeness (QED) is 0.0814. The number of ether oxygens (including phenoxy) is 3. The number of hydrogen-bond acceptors (Lipinski definition) is 12. The molecule has 12 nitrogen and oxygen atoms in total. The highest BCUT2D eigenvalue weighted by atomic mass is 16.6. The van der Waals surface area contributed by atoms with Crippen LogP contribution in [0.1, 0.15) is 19.3 Å². The van der Waals surface area contributed by atoms with Crippen LogP contribution in [0.5, 0.6) is 0 Å². The van der Waals surface area contributed by atoms with Gasteiger partial charge in [-0.25, -0.2) is 0 Å². The van der Waals surface area contributed by atoms with Crippen molar-refractivity contribution >= 4 is 0 Å². The van der Waals surface area contributed by atoms with E-state index in [0.29, 0.717) is 0 Å². The highest BCUT2D eigenvalue weighted by Crippen LogP contribution is 2.36. The number of aliphatic hydroxyl groups excluding tert-OH is 7. The molecule has 0 aromatic heterocycles. The molecular formula is C18H38O12. The molecule has 0 aliphatic heterocycles. The van der Waals surface area contributed by atoms with Gasteiger partial charge in [0.15, 0.2) is 0 Å². The third kappa shape index (κ3) is 8.94. The molecule has 182 valence electrons. The van der Waals surface area contributed by atoms with Crippen LogP contribution in [0, 0.1) is 0 Å². The van der Waals surface area contributed by atoms with Gasteiger partial charge in [0.05, 0.1) is 71.7 Å². The predicted molar refractivity (Wildman–Crippen MR) is 103 cm³/mol. The fourth-order valence-corrected chi connectivity index (χ4v) is 3.04. The van der Waals surface area contributed by atoms with Crippen LogP contribution in [0.3, 0.4) is 0 Å². The van der Waals surface area contributed by atoms with Gasteiger partial charge in [-0.1, -0.05) is 0 Å². The molecule has 0 rings (SSSR count). The Kier molecular flexibility index (Phi) is 15.9. The van der Waals surface area contributed by atoms with Crippen LogP contribution >= 0.6 is 0 Å². The SMILES string of the molecule is OCCCC(O)C(O)(CO)C(O)(CC(O)CO)C(CO)OCCOCCOCCO. The van der Waals surface area contributed by atoms with Gasteiger partial charge in [0.1, 0.15) is 17.3 Å². The molecule has 0 spiro atoms. The summed E-state index contributed by atoms with van der Waals surface area (Å²) in [5, 5.41) is 88.5. The summed E-state index contributed by atoms with van der Waals surface area (Å²) in [6, 6.07) is 0. The van der Waals surface area contributed by atoms with E-state index in [1.165, 1.54) is 0 Å². The van der Waals surface area contributed by atoms with Crippen LogP contribution in [0.15, 0.2) is 0 Å². The fraction of sp³-hybridized carbons (Fsp3) is 1.00. The van der Waals surface area contributed by atoms with E-state index in [1.54, 1.807) is 0 Å². The zero-order valence-corrected chi connectivity index (χ0v) is 17.2. The summed E-state index contributed by atoms with van der Waals surface area (Å²) in [5.41, 5.74) is -5.19. The first-order valence-corrected chi connectivity index (χ1v) is 9.89. The molecule has 0 saturated heterocycles. The predicted octanol–water partition coefficient (Wildman–Crippen LogP) is -4.28. The molecule has 0 fully saturated rings. The molecule has 9 N–H and O–H groups in total. The van der Waals surface area contributed by atoms with Gasteiger partial charge in [-0.15, -0.1) is 0 Å². The fourth-order valence-electron chi connectivity index (χ4n) is 3.04. The standard InChI is InChI=1S/C18H38O12/c19-3-1-2-15(25)18(27,13-23)17(26,10-14(24)11-21)16(12-22)30-9-8-29-7-6-28-5-4-20/h14-16,19-27H,1-13H2. The first-order valence-electron chi connectivity index (χ1n) is 9.89. The molecule has 30 heavy (non-hydrogen) atoms. The third-order valence-corrected chi connectivity index (χ3v) is 4.79. The highest BCUT2D eigenvalue weighted by Gasteiger charge is 2.58. The van der Waals surface area contributed by atoms with E-state index in [1.807, 2.05) is 0 Å². The van der Waals surface area contributed by atoms with Gasteiger partial charge < -0.3 is 60.2 Å². The molecule has 5 atom stereocenters. The Morgan fingerprint density at radius 1 is 0.700 bits per heavy atom. The van der Waals surface area contributed by atoms with Crippen LogP contribution in [-0.4, -0.2) is 142 Å². The van der Waals surface area contributed by atoms with Crippen LogP contribution in [0.25, 0.3) is 0 Å². The first-order chi connectivity index (χ1) is 14.3. The number of rotatable bonds is 20. The summed E-state index contributed by atoms with van der Waals surface area (Å²) in [6.45, 7) is -2.74. The summed E-state index contributed by atoms with van der Waals surface area (Å²) in [7, 11) is 0. The normalized spacial score (nSPS) is 19.1. The molecule has 0 aliphatic carbocycles. The molecule has 5 unspecified atom stereocenters. The van der Waals surface area contributed by atoms with E-state index in [2.05, 4.69) is 0 Å². The van der Waals surface area contributed by atoms with Crippen molar-refractivity contribution in [2.75, 3.05) is 66.1 Å². The lowest BCUT2D eigenvalue weighted by molar-refractivity contribution is -0.275. The lowest BCUT2D eigenvalue weighted by Crippen LogP contribution is -2.70. The zero-order valence-electron chi connectivity index (χ0n) is 17.2. The maximum atomic E-state index is 11.2. The van der Waals surface area contributed by atoms with Crippen molar-refractivity contribution in [3.8, 4) is 0 Å². The van der Waals surface area contributed by atoms with Crippen molar-refractivity contribution in [1.29, 1.82) is 0 Å². The van der Waals surface area contributed by atoms with E-state index < -0.39 is 55.8 Å². The topological polar surface area (TPSA) is 210 Å². The van der Waals surface area contributed by atoms with Crippen LogP contribution < -0.4 is 0 Å². The molecule has 0 radical (unpaired) electrons. The Morgan fingerprint density at radius 2 is 1.30 bits per heavy atom. The van der Waals surface area contributed by atoms with E-state index in [9.17, 15) is 30.6 Å². The second-order valence-electron chi connectivity index (χ2n) is 6.92. The largest absolute Gasteiger partial charge is 0.396 e. The van der Waals surface area contributed by atoms with E-state index >= 15 is 0 Å². The Hall–Kier alpha value is -0.480. The van der Waals surface area contributed by atoms with Crippen molar-refractivity contribution < 1.29 is 60.2 Å². The molecule has 12 heteroatoms. The van der Waals surface area contributed by atoms with E-state index in [0.717, 1.165) is 0 Å². The Morgan fingerprint density at radius 3 is 1.80 bits per heavy atom. The van der Waals surface area contributed by atoms with Gasteiger partial charge >= 0.3 is 0 Å². The molecule has 0 aromatic rings. The summed E-state index contributed by atoms with van der Waals surface area (Å²) in [6.07, 6.45) is -5.70. The highest BCUT2D eigenvalue weighted by molar-refractivity contribution is 5.09. The second kappa shape index (κ2) is 16.2.